The van der Waals surface area contributed by atoms with Gasteiger partial charge in [0.05, 0.1) is 0 Å². The van der Waals surface area contributed by atoms with Gasteiger partial charge in [0, 0.05) is 18.7 Å². The molecule has 1 aliphatic rings. The van der Waals surface area contributed by atoms with Crippen LogP contribution in [-0.2, 0) is 0 Å². The third kappa shape index (κ3) is 1.98. The van der Waals surface area contributed by atoms with Gasteiger partial charge in [0.1, 0.15) is 17.3 Å². The molecule has 0 unspecified atom stereocenters. The smallest absolute Gasteiger partial charge is 0.134 e. The normalized spacial score (nSPS) is 22.4. The van der Waals surface area contributed by atoms with E-state index < -0.39 is 0 Å². The fraction of sp³-hybridized carbons (Fsp3) is 0.600. The maximum Gasteiger partial charge on any atom is 0.134 e. The van der Waals surface area contributed by atoms with Crippen LogP contribution >= 0.6 is 11.6 Å². The lowest BCUT2D eigenvalue weighted by molar-refractivity contribution is 0.481. The summed E-state index contributed by atoms with van der Waals surface area (Å²) in [5.74, 6) is 0.956. The highest BCUT2D eigenvalue weighted by atomic mass is 35.5. The van der Waals surface area contributed by atoms with Crippen molar-refractivity contribution >= 4 is 17.4 Å². The summed E-state index contributed by atoms with van der Waals surface area (Å²) in [6, 6.07) is 2.40. The second-order valence-corrected chi connectivity index (χ2v) is 4.12. The van der Waals surface area contributed by atoms with Crippen LogP contribution in [0.2, 0.25) is 5.15 Å². The Morgan fingerprint density at radius 1 is 1.43 bits per heavy atom. The van der Waals surface area contributed by atoms with E-state index in [2.05, 4.69) is 21.8 Å². The molecule has 0 aliphatic carbocycles. The quantitative estimate of drug-likeness (QED) is 0.669. The van der Waals surface area contributed by atoms with Crippen molar-refractivity contribution < 1.29 is 0 Å². The second kappa shape index (κ2) is 4.13. The van der Waals surface area contributed by atoms with Gasteiger partial charge in [-0.25, -0.2) is 9.97 Å². The highest BCUT2D eigenvalue weighted by Crippen LogP contribution is 2.23. The predicted molar refractivity (Wildman–Crippen MR) is 57.7 cm³/mol. The van der Waals surface area contributed by atoms with Crippen LogP contribution in [0.15, 0.2) is 12.4 Å². The number of hydrogen-bond acceptors (Lipinski definition) is 3. The molecule has 0 bridgehead atoms. The van der Waals surface area contributed by atoms with Crippen molar-refractivity contribution in [1.82, 2.24) is 9.97 Å². The van der Waals surface area contributed by atoms with E-state index in [0.29, 0.717) is 11.2 Å². The molecule has 3 nitrogen and oxygen atoms in total. The van der Waals surface area contributed by atoms with Gasteiger partial charge in [-0.1, -0.05) is 11.6 Å². The Kier molecular flexibility index (Phi) is 2.87. The summed E-state index contributed by atoms with van der Waals surface area (Å²) >= 11 is 5.83. The van der Waals surface area contributed by atoms with Crippen LogP contribution in [0.5, 0.6) is 0 Å². The standard InChI is InChI=1S/C10H14ClN3/c1-8-4-2-3-5-14(8)10-6-9(11)12-7-13-10/h6-8H,2-5H2,1H3/t8-/m0/s1. The Labute approximate surface area is 89.1 Å². The van der Waals surface area contributed by atoms with Gasteiger partial charge in [0.2, 0.25) is 0 Å². The Morgan fingerprint density at radius 3 is 3.00 bits per heavy atom. The van der Waals surface area contributed by atoms with Gasteiger partial charge < -0.3 is 4.90 Å². The van der Waals surface area contributed by atoms with Crippen molar-refractivity contribution in [3.63, 3.8) is 0 Å². The minimum Gasteiger partial charge on any atom is -0.354 e. The summed E-state index contributed by atoms with van der Waals surface area (Å²) in [6.07, 6.45) is 5.32. The lowest BCUT2D eigenvalue weighted by Gasteiger charge is -2.34. The zero-order valence-electron chi connectivity index (χ0n) is 8.28. The number of hydrogen-bond donors (Lipinski definition) is 0. The van der Waals surface area contributed by atoms with E-state index in [-0.39, 0.29) is 0 Å². The highest BCUT2D eigenvalue weighted by Gasteiger charge is 2.19. The molecule has 0 aromatic carbocycles. The Morgan fingerprint density at radius 2 is 2.29 bits per heavy atom. The molecule has 4 heteroatoms. The molecule has 1 aromatic heterocycles. The molecular formula is C10H14ClN3. The molecule has 2 heterocycles. The lowest BCUT2D eigenvalue weighted by atomic mass is 10.0. The summed E-state index contributed by atoms with van der Waals surface area (Å²) in [6.45, 7) is 3.31. The van der Waals surface area contributed by atoms with Gasteiger partial charge in [0.25, 0.3) is 0 Å². The molecule has 1 fully saturated rings. The van der Waals surface area contributed by atoms with Gasteiger partial charge in [-0.15, -0.1) is 0 Å². The van der Waals surface area contributed by atoms with Gasteiger partial charge in [-0.2, -0.15) is 0 Å². The van der Waals surface area contributed by atoms with E-state index in [1.54, 1.807) is 0 Å². The van der Waals surface area contributed by atoms with Gasteiger partial charge >= 0.3 is 0 Å². The van der Waals surface area contributed by atoms with Crippen molar-refractivity contribution in [2.45, 2.75) is 32.2 Å². The fourth-order valence-electron chi connectivity index (χ4n) is 1.92. The molecule has 2 rings (SSSR count). The number of piperidine rings is 1. The minimum atomic E-state index is 0.521. The molecule has 1 saturated heterocycles. The van der Waals surface area contributed by atoms with E-state index in [4.69, 9.17) is 11.6 Å². The molecule has 0 saturated carbocycles. The largest absolute Gasteiger partial charge is 0.354 e. The molecule has 14 heavy (non-hydrogen) atoms. The predicted octanol–water partition coefficient (Wildman–Crippen LogP) is 2.51. The van der Waals surface area contributed by atoms with E-state index in [1.807, 2.05) is 6.07 Å². The third-order valence-corrected chi connectivity index (χ3v) is 2.92. The summed E-state index contributed by atoms with van der Waals surface area (Å²) in [5.41, 5.74) is 0. The van der Waals surface area contributed by atoms with E-state index in [0.717, 1.165) is 12.4 Å². The average Bonchev–Trinajstić information content (AvgIpc) is 2.18. The Hall–Kier alpha value is -0.830. The first-order chi connectivity index (χ1) is 6.77. The number of halogens is 1. The SMILES string of the molecule is C[C@H]1CCCCN1c1cc(Cl)ncn1. The van der Waals surface area contributed by atoms with Crippen molar-refractivity contribution in [3.05, 3.63) is 17.5 Å². The van der Waals surface area contributed by atoms with Crippen LogP contribution in [0.3, 0.4) is 0 Å². The molecule has 0 amide bonds. The van der Waals surface area contributed by atoms with Gasteiger partial charge in [-0.05, 0) is 26.2 Å². The van der Waals surface area contributed by atoms with Gasteiger partial charge in [0.15, 0.2) is 0 Å². The van der Waals surface area contributed by atoms with Crippen LogP contribution in [0.4, 0.5) is 5.82 Å². The number of aromatic nitrogens is 2. The first-order valence-electron chi connectivity index (χ1n) is 5.01. The summed E-state index contributed by atoms with van der Waals surface area (Å²) in [5, 5.41) is 0.521. The monoisotopic (exact) mass is 211 g/mol. The first kappa shape index (κ1) is 9.71. The summed E-state index contributed by atoms with van der Waals surface area (Å²) in [4.78, 5) is 10.4. The van der Waals surface area contributed by atoms with Crippen molar-refractivity contribution in [1.29, 1.82) is 0 Å². The van der Waals surface area contributed by atoms with Gasteiger partial charge in [-0.3, -0.25) is 0 Å². The van der Waals surface area contributed by atoms with Crippen LogP contribution in [0.1, 0.15) is 26.2 Å². The third-order valence-electron chi connectivity index (χ3n) is 2.72. The zero-order valence-corrected chi connectivity index (χ0v) is 9.04. The van der Waals surface area contributed by atoms with Crippen molar-refractivity contribution in [2.24, 2.45) is 0 Å². The van der Waals surface area contributed by atoms with E-state index >= 15 is 0 Å². The Balaban J connectivity index is 2.20. The number of anilines is 1. The average molecular weight is 212 g/mol. The highest BCUT2D eigenvalue weighted by molar-refractivity contribution is 6.29. The first-order valence-corrected chi connectivity index (χ1v) is 5.39. The molecular weight excluding hydrogens is 198 g/mol. The molecule has 76 valence electrons. The molecule has 0 radical (unpaired) electrons. The van der Waals surface area contributed by atoms with Crippen molar-refractivity contribution in [3.8, 4) is 0 Å². The number of rotatable bonds is 1. The minimum absolute atomic E-state index is 0.521. The molecule has 1 atom stereocenters. The van der Waals surface area contributed by atoms with E-state index in [9.17, 15) is 0 Å². The molecule has 1 aromatic rings. The lowest BCUT2D eigenvalue weighted by Crippen LogP contribution is -2.37. The van der Waals surface area contributed by atoms with Crippen LogP contribution in [-0.4, -0.2) is 22.6 Å². The number of nitrogens with zero attached hydrogens (tertiary/aromatic N) is 3. The van der Waals surface area contributed by atoms with Crippen LogP contribution < -0.4 is 4.90 Å². The van der Waals surface area contributed by atoms with Crippen LogP contribution in [0.25, 0.3) is 0 Å². The van der Waals surface area contributed by atoms with Crippen LogP contribution in [0, 0.1) is 0 Å². The topological polar surface area (TPSA) is 29.0 Å². The molecule has 1 aliphatic heterocycles. The van der Waals surface area contributed by atoms with E-state index in [1.165, 1.54) is 25.6 Å². The fourth-order valence-corrected chi connectivity index (χ4v) is 2.06. The maximum atomic E-state index is 5.83. The molecule has 0 spiro atoms. The summed E-state index contributed by atoms with van der Waals surface area (Å²) in [7, 11) is 0. The molecule has 0 N–H and O–H groups in total. The zero-order chi connectivity index (χ0) is 9.97. The second-order valence-electron chi connectivity index (χ2n) is 3.74. The Bertz CT molecular complexity index is 316. The summed E-state index contributed by atoms with van der Waals surface area (Å²) < 4.78 is 0. The van der Waals surface area contributed by atoms with Crippen molar-refractivity contribution in [2.75, 3.05) is 11.4 Å². The maximum absolute atomic E-state index is 5.83.